The molecule has 1 unspecified atom stereocenters. The van der Waals surface area contributed by atoms with Crippen molar-refractivity contribution in [2.24, 2.45) is 5.73 Å². The Morgan fingerprint density at radius 1 is 1.20 bits per heavy atom. The third-order valence-electron chi connectivity index (χ3n) is 1.71. The number of nitrogens with two attached hydrogens (primary N) is 1. The summed E-state index contributed by atoms with van der Waals surface area (Å²) in [5.41, 5.74) is 5.34. The standard InChI is InChI=1S/C5H14N2O6P2/c6-2-1-4(7)3-5(14(8,9)10)15(11,12)13/h2,4-6H,1,3,7H2,(H2,8,9,10)(H2,11,12,13). The Morgan fingerprint density at radius 3 is 1.87 bits per heavy atom. The maximum absolute atomic E-state index is 10.8. The molecule has 8 nitrogen and oxygen atoms in total. The van der Waals surface area contributed by atoms with Crippen LogP contribution in [0.4, 0.5) is 0 Å². The molecule has 0 aromatic carbocycles. The Hall–Kier alpha value is -0.0700. The second kappa shape index (κ2) is 5.32. The summed E-state index contributed by atoms with van der Waals surface area (Å²) in [6.07, 6.45) is 0.404. The van der Waals surface area contributed by atoms with E-state index >= 15 is 0 Å². The molecule has 0 saturated heterocycles. The average Bonchev–Trinajstić information content (AvgIpc) is 1.96. The Kier molecular flexibility index (Phi) is 5.29. The molecule has 0 aliphatic carbocycles. The largest absolute Gasteiger partial charge is 0.340 e. The number of rotatable bonds is 6. The number of nitrogens with one attached hydrogen (secondary N) is 1. The van der Waals surface area contributed by atoms with Gasteiger partial charge in [-0.1, -0.05) is 0 Å². The van der Waals surface area contributed by atoms with Crippen molar-refractivity contribution in [3.8, 4) is 0 Å². The predicted octanol–water partition coefficient (Wildman–Crippen LogP) is -0.575. The molecule has 0 bridgehead atoms. The summed E-state index contributed by atoms with van der Waals surface area (Å²) in [6.45, 7) is 0. The van der Waals surface area contributed by atoms with Crippen LogP contribution in [0.1, 0.15) is 12.8 Å². The first-order valence-electron chi connectivity index (χ1n) is 3.94. The van der Waals surface area contributed by atoms with E-state index in [0.29, 0.717) is 0 Å². The van der Waals surface area contributed by atoms with Gasteiger partial charge in [0.2, 0.25) is 0 Å². The molecule has 15 heavy (non-hydrogen) atoms. The van der Waals surface area contributed by atoms with Crippen LogP contribution in [0, 0.1) is 5.41 Å². The van der Waals surface area contributed by atoms with E-state index in [-0.39, 0.29) is 6.42 Å². The third-order valence-corrected chi connectivity index (χ3v) is 5.49. The van der Waals surface area contributed by atoms with Gasteiger partial charge in [-0.05, 0) is 19.1 Å². The highest BCUT2D eigenvalue weighted by Crippen LogP contribution is 2.61. The molecule has 0 aliphatic heterocycles. The van der Waals surface area contributed by atoms with E-state index in [4.69, 9.17) is 30.7 Å². The second-order valence-corrected chi connectivity index (χ2v) is 7.10. The fourth-order valence-corrected chi connectivity index (χ4v) is 3.65. The van der Waals surface area contributed by atoms with Crippen LogP contribution in [0.5, 0.6) is 0 Å². The number of hydrogen-bond acceptors (Lipinski definition) is 4. The van der Waals surface area contributed by atoms with Crippen LogP contribution in [0.25, 0.3) is 0 Å². The number of hydrogen-bond donors (Lipinski definition) is 6. The van der Waals surface area contributed by atoms with Crippen molar-refractivity contribution in [2.45, 2.75) is 24.3 Å². The maximum Gasteiger partial charge on any atom is 0.340 e. The van der Waals surface area contributed by atoms with E-state index in [9.17, 15) is 9.13 Å². The summed E-state index contributed by atoms with van der Waals surface area (Å²) in [4.78, 5) is 34.9. The molecule has 0 saturated carbocycles. The highest BCUT2D eigenvalue weighted by atomic mass is 31.2. The minimum atomic E-state index is -4.89. The molecule has 90 valence electrons. The van der Waals surface area contributed by atoms with Gasteiger partial charge >= 0.3 is 15.2 Å². The van der Waals surface area contributed by atoms with Gasteiger partial charge in [0.05, 0.1) is 0 Å². The molecule has 0 heterocycles. The van der Waals surface area contributed by atoms with E-state index < -0.39 is 33.1 Å². The summed E-state index contributed by atoms with van der Waals surface area (Å²) in [7, 11) is -9.79. The van der Waals surface area contributed by atoms with Crippen molar-refractivity contribution in [1.29, 1.82) is 5.41 Å². The second-order valence-electron chi connectivity index (χ2n) is 3.09. The van der Waals surface area contributed by atoms with Gasteiger partial charge in [-0.25, -0.2) is 0 Å². The van der Waals surface area contributed by atoms with E-state index in [1.165, 1.54) is 0 Å². The van der Waals surface area contributed by atoms with Crippen LogP contribution in [0.15, 0.2) is 0 Å². The molecule has 0 spiro atoms. The van der Waals surface area contributed by atoms with Crippen LogP contribution in [0.2, 0.25) is 0 Å². The quantitative estimate of drug-likeness (QED) is 0.274. The van der Waals surface area contributed by atoms with Gasteiger partial charge in [-0.2, -0.15) is 0 Å². The summed E-state index contributed by atoms with van der Waals surface area (Å²) >= 11 is 0. The van der Waals surface area contributed by atoms with Crippen molar-refractivity contribution >= 4 is 21.4 Å². The summed E-state index contributed by atoms with van der Waals surface area (Å²) in [6, 6.07) is -0.854. The van der Waals surface area contributed by atoms with Crippen molar-refractivity contribution in [3.05, 3.63) is 0 Å². The van der Waals surface area contributed by atoms with E-state index in [1.807, 2.05) is 0 Å². The van der Waals surface area contributed by atoms with Crippen LogP contribution in [0.3, 0.4) is 0 Å². The molecule has 0 radical (unpaired) electrons. The van der Waals surface area contributed by atoms with E-state index in [2.05, 4.69) is 0 Å². The smallest absolute Gasteiger partial charge is 0.327 e. The lowest BCUT2D eigenvalue weighted by atomic mass is 10.2. The van der Waals surface area contributed by atoms with Gasteiger partial charge in [-0.15, -0.1) is 0 Å². The van der Waals surface area contributed by atoms with Crippen LogP contribution < -0.4 is 5.73 Å². The molecule has 7 N–H and O–H groups in total. The fraction of sp³-hybridized carbons (Fsp3) is 0.800. The first kappa shape index (κ1) is 14.9. The first-order valence-corrected chi connectivity index (χ1v) is 7.30. The van der Waals surface area contributed by atoms with Gasteiger partial charge in [-0.3, -0.25) is 9.13 Å². The Balaban J connectivity index is 4.77. The Bertz CT molecular complexity index is 287. The maximum atomic E-state index is 10.8. The highest BCUT2D eigenvalue weighted by Gasteiger charge is 2.43. The van der Waals surface area contributed by atoms with Crippen LogP contribution in [-0.2, 0) is 9.13 Å². The zero-order valence-corrected chi connectivity index (χ0v) is 9.51. The Morgan fingerprint density at radius 2 is 1.60 bits per heavy atom. The zero-order chi connectivity index (χ0) is 12.3. The molecule has 0 amide bonds. The molecule has 0 aromatic rings. The van der Waals surface area contributed by atoms with Gasteiger partial charge in [0.25, 0.3) is 0 Å². The predicted molar refractivity (Wildman–Crippen MR) is 53.9 cm³/mol. The molecular formula is C5H14N2O6P2. The van der Waals surface area contributed by atoms with Gasteiger partial charge in [0, 0.05) is 6.04 Å². The zero-order valence-electron chi connectivity index (χ0n) is 7.72. The van der Waals surface area contributed by atoms with Crippen LogP contribution in [-0.4, -0.2) is 37.2 Å². The fourth-order valence-electron chi connectivity index (χ4n) is 0.989. The topological polar surface area (TPSA) is 165 Å². The van der Waals surface area contributed by atoms with Crippen molar-refractivity contribution < 1.29 is 28.7 Å². The van der Waals surface area contributed by atoms with Gasteiger partial charge in [0.1, 0.15) is 0 Å². The van der Waals surface area contributed by atoms with Gasteiger partial charge in [0.15, 0.2) is 5.40 Å². The lowest BCUT2D eigenvalue weighted by Gasteiger charge is -2.21. The first-order chi connectivity index (χ1) is 6.59. The van der Waals surface area contributed by atoms with E-state index in [1.54, 1.807) is 0 Å². The molecule has 0 aliphatic rings. The average molecular weight is 260 g/mol. The third kappa shape index (κ3) is 5.53. The Labute approximate surface area is 86.3 Å². The lowest BCUT2D eigenvalue weighted by molar-refractivity contribution is 0.332. The summed E-state index contributed by atoms with van der Waals surface area (Å²) < 4.78 is 21.6. The van der Waals surface area contributed by atoms with E-state index in [0.717, 1.165) is 6.21 Å². The molecular weight excluding hydrogens is 246 g/mol. The van der Waals surface area contributed by atoms with Crippen molar-refractivity contribution in [1.82, 2.24) is 0 Å². The molecule has 0 fully saturated rings. The highest BCUT2D eigenvalue weighted by molar-refractivity contribution is 7.70. The summed E-state index contributed by atoms with van der Waals surface area (Å²) in [5, 5.41) is 4.61. The summed E-state index contributed by atoms with van der Waals surface area (Å²) in [5.74, 6) is 0. The normalized spacial score (nSPS) is 15.3. The SMILES string of the molecule is N=CCC(N)CC(P(=O)(O)O)P(=O)(O)O. The molecule has 10 heteroatoms. The monoisotopic (exact) mass is 260 g/mol. The van der Waals surface area contributed by atoms with Crippen molar-refractivity contribution in [3.63, 3.8) is 0 Å². The lowest BCUT2D eigenvalue weighted by Crippen LogP contribution is -2.26. The minimum Gasteiger partial charge on any atom is -0.327 e. The van der Waals surface area contributed by atoms with Gasteiger partial charge < -0.3 is 30.7 Å². The molecule has 0 aromatic heterocycles. The molecule has 0 rings (SSSR count). The van der Waals surface area contributed by atoms with Crippen LogP contribution >= 0.6 is 15.2 Å². The van der Waals surface area contributed by atoms with Crippen molar-refractivity contribution in [2.75, 3.05) is 0 Å². The minimum absolute atomic E-state index is 0.0104. The molecule has 1 atom stereocenters.